The minimum Gasteiger partial charge on any atom is -0.466 e. The first-order valence-corrected chi connectivity index (χ1v) is 4.23. The van der Waals surface area contributed by atoms with E-state index in [1.54, 1.807) is 0 Å². The molecule has 0 saturated carbocycles. The molecular weight excluding hydrogens is 207 g/mol. The Labute approximate surface area is 86.5 Å². The van der Waals surface area contributed by atoms with Crippen molar-refractivity contribution >= 4 is 17.7 Å². The number of esters is 2. The summed E-state index contributed by atoms with van der Waals surface area (Å²) in [4.78, 5) is 32.7. The third-order valence-corrected chi connectivity index (χ3v) is 1.84. The van der Waals surface area contributed by atoms with Crippen LogP contribution in [0.25, 0.3) is 0 Å². The molecule has 86 valence electrons. The lowest BCUT2D eigenvalue weighted by atomic mass is 9.99. The molecule has 0 rings (SSSR count). The van der Waals surface area contributed by atoms with Crippen molar-refractivity contribution in [1.82, 2.24) is 0 Å². The van der Waals surface area contributed by atoms with Gasteiger partial charge >= 0.3 is 17.6 Å². The summed E-state index contributed by atoms with van der Waals surface area (Å²) in [7, 11) is 1.90. The van der Waals surface area contributed by atoms with Crippen molar-refractivity contribution in [1.29, 1.82) is 0 Å². The molecule has 0 amide bonds. The molecular formula is C9H13FO5. The summed E-state index contributed by atoms with van der Waals surface area (Å²) in [5, 5.41) is 0. The molecule has 0 atom stereocenters. The molecule has 0 aromatic rings. The Hall–Kier alpha value is -1.46. The highest BCUT2D eigenvalue weighted by Gasteiger charge is 2.49. The topological polar surface area (TPSA) is 69.7 Å². The van der Waals surface area contributed by atoms with Crippen molar-refractivity contribution in [2.24, 2.45) is 0 Å². The number of ketones is 1. The Morgan fingerprint density at radius 1 is 1.13 bits per heavy atom. The first-order chi connectivity index (χ1) is 6.88. The summed E-state index contributed by atoms with van der Waals surface area (Å²) in [6.45, 7) is 1.23. The maximum atomic E-state index is 13.8. The van der Waals surface area contributed by atoms with E-state index in [0.717, 1.165) is 14.2 Å². The van der Waals surface area contributed by atoms with Crippen molar-refractivity contribution in [2.45, 2.75) is 25.4 Å². The van der Waals surface area contributed by atoms with E-state index < -0.39 is 24.0 Å². The molecule has 0 N–H and O–H groups in total. The quantitative estimate of drug-likeness (QED) is 0.495. The average Bonchev–Trinajstić information content (AvgIpc) is 2.23. The van der Waals surface area contributed by atoms with E-state index in [0.29, 0.717) is 0 Å². The minimum atomic E-state index is -2.89. The van der Waals surface area contributed by atoms with E-state index in [1.165, 1.54) is 6.92 Å². The van der Waals surface area contributed by atoms with Crippen LogP contribution in [-0.2, 0) is 23.9 Å². The molecule has 0 spiro atoms. The van der Waals surface area contributed by atoms with Crippen LogP contribution in [0.3, 0.4) is 0 Å². The fourth-order valence-electron chi connectivity index (χ4n) is 0.959. The van der Waals surface area contributed by atoms with Gasteiger partial charge in [-0.05, 0) is 6.92 Å². The molecule has 0 radical (unpaired) electrons. The molecule has 0 heterocycles. The van der Waals surface area contributed by atoms with Gasteiger partial charge in [0, 0.05) is 12.8 Å². The van der Waals surface area contributed by atoms with Gasteiger partial charge in [0.25, 0.3) is 0 Å². The van der Waals surface area contributed by atoms with E-state index in [4.69, 9.17) is 0 Å². The number of Topliss-reactive ketones (excluding diaryl/α,β-unsaturated/α-hetero) is 1. The van der Waals surface area contributed by atoms with Crippen LogP contribution in [0.15, 0.2) is 0 Å². The van der Waals surface area contributed by atoms with Gasteiger partial charge in [-0.15, -0.1) is 0 Å². The molecule has 5 nitrogen and oxygen atoms in total. The summed E-state index contributed by atoms with van der Waals surface area (Å²) >= 11 is 0. The number of carbonyl (C=O) groups is 3. The Morgan fingerprint density at radius 2 is 1.53 bits per heavy atom. The lowest BCUT2D eigenvalue weighted by molar-refractivity contribution is -0.172. The van der Waals surface area contributed by atoms with Gasteiger partial charge in [-0.2, -0.15) is 0 Å². The van der Waals surface area contributed by atoms with Crippen LogP contribution >= 0.6 is 0 Å². The summed E-state index contributed by atoms with van der Waals surface area (Å²) in [6.07, 6.45) is -0.803. The monoisotopic (exact) mass is 220 g/mol. The lowest BCUT2D eigenvalue weighted by Gasteiger charge is -2.18. The number of hydrogen-bond acceptors (Lipinski definition) is 5. The molecule has 0 aliphatic carbocycles. The van der Waals surface area contributed by atoms with Crippen LogP contribution in [0.4, 0.5) is 4.39 Å². The normalized spacial score (nSPS) is 10.7. The lowest BCUT2D eigenvalue weighted by Crippen LogP contribution is -2.44. The molecule has 0 unspecified atom stereocenters. The molecule has 0 saturated heterocycles. The van der Waals surface area contributed by atoms with Gasteiger partial charge in [0.2, 0.25) is 0 Å². The summed E-state index contributed by atoms with van der Waals surface area (Å²) < 4.78 is 22.1. The summed E-state index contributed by atoms with van der Waals surface area (Å²) in [6, 6.07) is 0. The SMILES string of the molecule is COC(=O)C(F)(CCC(C)=O)C(=O)OC. The Morgan fingerprint density at radius 3 is 1.80 bits per heavy atom. The van der Waals surface area contributed by atoms with Gasteiger partial charge in [-0.25, -0.2) is 14.0 Å². The zero-order valence-electron chi connectivity index (χ0n) is 8.83. The van der Waals surface area contributed by atoms with Crippen LogP contribution in [0, 0.1) is 0 Å². The molecule has 0 bridgehead atoms. The number of hydrogen-bond donors (Lipinski definition) is 0. The summed E-state index contributed by atoms with van der Waals surface area (Å²) in [5.41, 5.74) is -2.89. The fourth-order valence-corrected chi connectivity index (χ4v) is 0.959. The Balaban J connectivity index is 4.77. The number of rotatable bonds is 5. The standard InChI is InChI=1S/C9H13FO5/c1-6(11)4-5-9(10,7(12)14-2)8(13)15-3/h4-5H2,1-3H3. The summed E-state index contributed by atoms with van der Waals surface area (Å²) in [5.74, 6) is -3.03. The smallest absolute Gasteiger partial charge is 0.355 e. The predicted molar refractivity (Wildman–Crippen MR) is 47.8 cm³/mol. The van der Waals surface area contributed by atoms with E-state index in [1.807, 2.05) is 0 Å². The van der Waals surface area contributed by atoms with Crippen LogP contribution in [0.2, 0.25) is 0 Å². The molecule has 0 aromatic heterocycles. The second kappa shape index (κ2) is 5.43. The fraction of sp³-hybridized carbons (Fsp3) is 0.667. The second-order valence-corrected chi connectivity index (χ2v) is 2.99. The van der Waals surface area contributed by atoms with Gasteiger partial charge in [0.05, 0.1) is 14.2 Å². The van der Waals surface area contributed by atoms with Crippen LogP contribution < -0.4 is 0 Å². The van der Waals surface area contributed by atoms with E-state index in [-0.39, 0.29) is 12.2 Å². The Kier molecular flexibility index (Phi) is 4.90. The first kappa shape index (κ1) is 13.5. The van der Waals surface area contributed by atoms with Gasteiger partial charge in [0.1, 0.15) is 5.78 Å². The van der Waals surface area contributed by atoms with Crippen molar-refractivity contribution in [3.8, 4) is 0 Å². The number of alkyl halides is 1. The van der Waals surface area contributed by atoms with E-state index in [9.17, 15) is 18.8 Å². The van der Waals surface area contributed by atoms with Gasteiger partial charge in [-0.1, -0.05) is 0 Å². The average molecular weight is 220 g/mol. The van der Waals surface area contributed by atoms with E-state index >= 15 is 0 Å². The van der Waals surface area contributed by atoms with Crippen LogP contribution in [0.5, 0.6) is 0 Å². The second-order valence-electron chi connectivity index (χ2n) is 2.99. The largest absolute Gasteiger partial charge is 0.466 e. The van der Waals surface area contributed by atoms with Crippen molar-refractivity contribution in [2.75, 3.05) is 14.2 Å². The maximum absolute atomic E-state index is 13.8. The van der Waals surface area contributed by atoms with Crippen molar-refractivity contribution in [3.63, 3.8) is 0 Å². The van der Waals surface area contributed by atoms with Gasteiger partial charge in [-0.3, -0.25) is 0 Å². The maximum Gasteiger partial charge on any atom is 0.355 e. The van der Waals surface area contributed by atoms with Gasteiger partial charge in [0.15, 0.2) is 0 Å². The van der Waals surface area contributed by atoms with Crippen molar-refractivity contribution < 1.29 is 28.2 Å². The predicted octanol–water partition coefficient (Wildman–Crippen LogP) is 0.410. The minimum absolute atomic E-state index is 0.235. The number of halogens is 1. The van der Waals surface area contributed by atoms with Crippen LogP contribution in [-0.4, -0.2) is 37.6 Å². The van der Waals surface area contributed by atoms with E-state index in [2.05, 4.69) is 9.47 Å². The number of carbonyl (C=O) groups excluding carboxylic acids is 3. The molecule has 0 aromatic carbocycles. The molecule has 0 aliphatic heterocycles. The highest BCUT2D eigenvalue weighted by atomic mass is 19.1. The van der Waals surface area contributed by atoms with Crippen LogP contribution in [0.1, 0.15) is 19.8 Å². The van der Waals surface area contributed by atoms with Crippen molar-refractivity contribution in [3.05, 3.63) is 0 Å². The molecule has 6 heteroatoms. The Bertz CT molecular complexity index is 258. The third-order valence-electron chi connectivity index (χ3n) is 1.84. The molecule has 0 fully saturated rings. The first-order valence-electron chi connectivity index (χ1n) is 4.23. The highest BCUT2D eigenvalue weighted by Crippen LogP contribution is 2.22. The third kappa shape index (κ3) is 3.30. The number of methoxy groups -OCH3 is 2. The molecule has 15 heavy (non-hydrogen) atoms. The zero-order valence-corrected chi connectivity index (χ0v) is 8.83. The molecule has 0 aliphatic rings. The number of ether oxygens (including phenoxy) is 2. The zero-order chi connectivity index (χ0) is 12.1. The van der Waals surface area contributed by atoms with Gasteiger partial charge < -0.3 is 14.3 Å². The highest BCUT2D eigenvalue weighted by molar-refractivity contribution is 6.03.